The monoisotopic (exact) mass is 232 g/mol. The molecule has 1 N–H and O–H groups in total. The molecule has 2 bridgehead atoms. The van der Waals surface area contributed by atoms with Crippen molar-refractivity contribution in [3.8, 4) is 0 Å². The molecule has 2 aliphatic rings. The van der Waals surface area contributed by atoms with Crippen LogP contribution in [0.5, 0.6) is 0 Å². The Hall–Kier alpha value is -1.35. The summed E-state index contributed by atoms with van der Waals surface area (Å²) in [4.78, 5) is 11.8. The normalized spacial score (nSPS) is 35.1. The second-order valence-corrected chi connectivity index (χ2v) is 5.12. The van der Waals surface area contributed by atoms with Crippen LogP contribution in [0, 0.1) is 6.92 Å². The van der Waals surface area contributed by atoms with E-state index in [1.54, 1.807) is 0 Å². The van der Waals surface area contributed by atoms with Crippen molar-refractivity contribution in [2.24, 2.45) is 0 Å². The molecule has 0 amide bonds. The van der Waals surface area contributed by atoms with Crippen LogP contribution < -0.4 is 0 Å². The molecule has 2 aliphatic heterocycles. The summed E-state index contributed by atoms with van der Waals surface area (Å²) in [5.41, 5.74) is 1.17. The van der Waals surface area contributed by atoms with E-state index < -0.39 is 11.4 Å². The Kier molecular flexibility index (Phi) is 2.26. The van der Waals surface area contributed by atoms with Crippen molar-refractivity contribution in [1.82, 2.24) is 0 Å². The first kappa shape index (κ1) is 10.8. The largest absolute Gasteiger partial charge is 0.481 e. The van der Waals surface area contributed by atoms with Crippen LogP contribution in [0.4, 0.5) is 0 Å². The number of ether oxygens (including phenoxy) is 1. The van der Waals surface area contributed by atoms with Crippen molar-refractivity contribution in [2.45, 2.75) is 43.8 Å². The molecule has 1 aromatic carbocycles. The van der Waals surface area contributed by atoms with Gasteiger partial charge in [-0.25, -0.2) is 0 Å². The van der Waals surface area contributed by atoms with E-state index in [1.807, 2.05) is 31.2 Å². The minimum atomic E-state index is -0.811. The van der Waals surface area contributed by atoms with Crippen LogP contribution in [-0.2, 0) is 14.9 Å². The van der Waals surface area contributed by atoms with Crippen LogP contribution in [0.15, 0.2) is 24.3 Å². The van der Waals surface area contributed by atoms with E-state index in [4.69, 9.17) is 4.74 Å². The molecule has 3 heteroatoms. The molecule has 0 saturated carbocycles. The summed E-state index contributed by atoms with van der Waals surface area (Å²) in [6.07, 6.45) is 2.48. The fourth-order valence-corrected chi connectivity index (χ4v) is 3.41. The maximum Gasteiger partial charge on any atom is 0.316 e. The van der Waals surface area contributed by atoms with Gasteiger partial charge in [0, 0.05) is 0 Å². The summed E-state index contributed by atoms with van der Waals surface area (Å²) < 4.78 is 5.78. The lowest BCUT2D eigenvalue weighted by Gasteiger charge is -2.32. The first-order chi connectivity index (χ1) is 8.14. The summed E-state index contributed by atoms with van der Waals surface area (Å²) in [7, 11) is 0. The molecule has 90 valence electrons. The third-order valence-electron chi connectivity index (χ3n) is 4.21. The fraction of sp³-hybridized carbons (Fsp3) is 0.500. The van der Waals surface area contributed by atoms with Crippen molar-refractivity contribution < 1.29 is 14.6 Å². The Morgan fingerprint density at radius 2 is 2.18 bits per heavy atom. The highest BCUT2D eigenvalue weighted by Gasteiger charge is 2.58. The Morgan fingerprint density at radius 1 is 1.41 bits per heavy atom. The zero-order valence-electron chi connectivity index (χ0n) is 9.85. The molecule has 2 saturated heterocycles. The van der Waals surface area contributed by atoms with E-state index in [0.717, 1.165) is 24.0 Å². The molecular formula is C14H16O3. The van der Waals surface area contributed by atoms with Crippen molar-refractivity contribution in [2.75, 3.05) is 0 Å². The summed E-state index contributed by atoms with van der Waals surface area (Å²) in [6, 6.07) is 7.78. The minimum Gasteiger partial charge on any atom is -0.481 e. The van der Waals surface area contributed by atoms with E-state index >= 15 is 0 Å². The molecule has 0 radical (unpaired) electrons. The lowest BCUT2D eigenvalue weighted by Crippen LogP contribution is -2.45. The van der Waals surface area contributed by atoms with Gasteiger partial charge in [-0.1, -0.05) is 24.3 Å². The van der Waals surface area contributed by atoms with Crippen LogP contribution in [0.2, 0.25) is 0 Å². The standard InChI is InChI=1S/C14H16O3/c1-9-4-2-3-5-11(9)14(13(15)16)8-10-6-7-12(14)17-10/h2-5,10,12H,6-8H2,1H3,(H,15,16). The Labute approximate surface area is 100 Å². The zero-order valence-corrected chi connectivity index (χ0v) is 9.85. The first-order valence-corrected chi connectivity index (χ1v) is 6.09. The number of carboxylic acids is 1. The van der Waals surface area contributed by atoms with Crippen LogP contribution in [0.1, 0.15) is 30.4 Å². The number of aliphatic carboxylic acids is 1. The molecule has 0 aromatic heterocycles. The van der Waals surface area contributed by atoms with Crippen molar-refractivity contribution in [3.63, 3.8) is 0 Å². The zero-order chi connectivity index (χ0) is 12.0. The highest BCUT2D eigenvalue weighted by atomic mass is 16.5. The van der Waals surface area contributed by atoms with Gasteiger partial charge >= 0.3 is 5.97 Å². The number of hydrogen-bond donors (Lipinski definition) is 1. The van der Waals surface area contributed by atoms with Gasteiger partial charge in [-0.2, -0.15) is 0 Å². The molecule has 1 aromatic rings. The third kappa shape index (κ3) is 1.35. The van der Waals surface area contributed by atoms with Gasteiger partial charge in [0.1, 0.15) is 5.41 Å². The summed E-state index contributed by atoms with van der Waals surface area (Å²) in [5.74, 6) is -0.737. The van der Waals surface area contributed by atoms with Crippen molar-refractivity contribution in [1.29, 1.82) is 0 Å². The Balaban J connectivity index is 2.14. The predicted molar refractivity (Wildman–Crippen MR) is 63.0 cm³/mol. The van der Waals surface area contributed by atoms with Gasteiger partial charge in [0.25, 0.3) is 0 Å². The number of benzene rings is 1. The van der Waals surface area contributed by atoms with Crippen LogP contribution in [0.3, 0.4) is 0 Å². The van der Waals surface area contributed by atoms with Crippen LogP contribution in [0.25, 0.3) is 0 Å². The summed E-state index contributed by atoms with van der Waals surface area (Å²) >= 11 is 0. The van der Waals surface area contributed by atoms with Gasteiger partial charge in [-0.05, 0) is 37.3 Å². The molecular weight excluding hydrogens is 216 g/mol. The molecule has 2 heterocycles. The Morgan fingerprint density at radius 3 is 2.71 bits per heavy atom. The molecule has 3 atom stereocenters. The first-order valence-electron chi connectivity index (χ1n) is 6.09. The highest BCUT2D eigenvalue weighted by Crippen LogP contribution is 2.50. The van der Waals surface area contributed by atoms with Gasteiger partial charge in [0.2, 0.25) is 0 Å². The number of carboxylic acid groups (broad SMARTS) is 1. The molecule has 0 aliphatic carbocycles. The van der Waals surface area contributed by atoms with E-state index in [9.17, 15) is 9.90 Å². The van der Waals surface area contributed by atoms with Gasteiger partial charge in [0.15, 0.2) is 0 Å². The number of carbonyl (C=O) groups is 1. The maximum atomic E-state index is 11.8. The lowest BCUT2D eigenvalue weighted by molar-refractivity contribution is -0.146. The summed E-state index contributed by atoms with van der Waals surface area (Å²) in [5, 5.41) is 9.68. The predicted octanol–water partition coefficient (Wildman–Crippen LogP) is 2.27. The number of aryl methyl sites for hydroxylation is 1. The lowest BCUT2D eigenvalue weighted by atomic mass is 9.68. The molecule has 3 rings (SSSR count). The number of hydrogen-bond acceptors (Lipinski definition) is 2. The molecule has 2 fully saturated rings. The smallest absolute Gasteiger partial charge is 0.316 e. The fourth-order valence-electron chi connectivity index (χ4n) is 3.41. The van der Waals surface area contributed by atoms with E-state index in [0.29, 0.717) is 6.42 Å². The van der Waals surface area contributed by atoms with Crippen LogP contribution in [-0.4, -0.2) is 23.3 Å². The van der Waals surface area contributed by atoms with Gasteiger partial charge in [-0.3, -0.25) is 4.79 Å². The van der Waals surface area contributed by atoms with Gasteiger partial charge < -0.3 is 9.84 Å². The third-order valence-corrected chi connectivity index (χ3v) is 4.21. The molecule has 0 spiro atoms. The maximum absolute atomic E-state index is 11.8. The van der Waals surface area contributed by atoms with Gasteiger partial charge in [0.05, 0.1) is 12.2 Å². The average Bonchev–Trinajstić information content (AvgIpc) is 2.89. The Bertz CT molecular complexity index is 468. The molecule has 17 heavy (non-hydrogen) atoms. The van der Waals surface area contributed by atoms with E-state index in [-0.39, 0.29) is 12.2 Å². The number of rotatable bonds is 2. The van der Waals surface area contributed by atoms with E-state index in [2.05, 4.69) is 0 Å². The minimum absolute atomic E-state index is 0.135. The van der Waals surface area contributed by atoms with Crippen molar-refractivity contribution >= 4 is 5.97 Å². The van der Waals surface area contributed by atoms with Crippen molar-refractivity contribution in [3.05, 3.63) is 35.4 Å². The second-order valence-electron chi connectivity index (χ2n) is 5.12. The molecule has 3 nitrogen and oxygen atoms in total. The highest BCUT2D eigenvalue weighted by molar-refractivity contribution is 5.83. The quantitative estimate of drug-likeness (QED) is 0.850. The van der Waals surface area contributed by atoms with E-state index in [1.165, 1.54) is 0 Å². The molecule has 3 unspecified atom stereocenters. The topological polar surface area (TPSA) is 46.5 Å². The number of fused-ring (bicyclic) bond motifs is 2. The average molecular weight is 232 g/mol. The SMILES string of the molecule is Cc1ccccc1C1(C(=O)O)CC2CCC1O2. The summed E-state index contributed by atoms with van der Waals surface area (Å²) in [6.45, 7) is 1.98. The van der Waals surface area contributed by atoms with Gasteiger partial charge in [-0.15, -0.1) is 0 Å². The second kappa shape index (κ2) is 3.57. The van der Waals surface area contributed by atoms with Crippen LogP contribution >= 0.6 is 0 Å².